The number of likely N-dealkylation sites (tertiary alicyclic amines) is 1. The highest BCUT2D eigenvalue weighted by Gasteiger charge is 2.61. The van der Waals surface area contributed by atoms with Crippen LogP contribution in [0.1, 0.15) is 36.1 Å². The molecule has 1 aromatic rings. The number of piperidine rings is 1. The molecule has 1 N–H and O–H groups in total. The van der Waals surface area contributed by atoms with Gasteiger partial charge in [0.2, 0.25) is 0 Å². The first-order chi connectivity index (χ1) is 12.3. The predicted octanol–water partition coefficient (Wildman–Crippen LogP) is 2.38. The van der Waals surface area contributed by atoms with E-state index in [9.17, 15) is 0 Å². The third kappa shape index (κ3) is 2.19. The molecule has 4 atom stereocenters. The monoisotopic (exact) mass is 360 g/mol. The predicted molar refractivity (Wildman–Crippen MR) is 98.0 cm³/mol. The van der Waals surface area contributed by atoms with Gasteiger partial charge in [0.25, 0.3) is 0 Å². The van der Waals surface area contributed by atoms with Crippen LogP contribution in [-0.2, 0) is 21.5 Å². The highest BCUT2D eigenvalue weighted by Crippen LogP contribution is 2.53. The normalized spacial score (nSPS) is 42.0. The van der Waals surface area contributed by atoms with Crippen molar-refractivity contribution >= 4 is 11.3 Å². The topological polar surface area (TPSA) is 33.7 Å². The van der Waals surface area contributed by atoms with Crippen LogP contribution in [0.5, 0.6) is 0 Å². The molecule has 2 bridgehead atoms. The van der Waals surface area contributed by atoms with Gasteiger partial charge in [-0.25, -0.2) is 0 Å². The fourth-order valence-corrected chi connectivity index (χ4v) is 7.60. The van der Waals surface area contributed by atoms with Crippen LogP contribution in [0.3, 0.4) is 0 Å². The second-order valence-corrected chi connectivity index (χ2v) is 9.75. The lowest BCUT2D eigenvalue weighted by Crippen LogP contribution is -2.49. The fourth-order valence-electron chi connectivity index (χ4n) is 6.43. The third-order valence-electron chi connectivity index (χ3n) is 7.74. The Morgan fingerprint density at radius 3 is 3.12 bits per heavy atom. The van der Waals surface area contributed by atoms with E-state index >= 15 is 0 Å². The maximum Gasteiger partial charge on any atom is 0.105 e. The summed E-state index contributed by atoms with van der Waals surface area (Å²) in [6, 6.07) is 2.32. The molecule has 6 heterocycles. The van der Waals surface area contributed by atoms with E-state index in [1.165, 1.54) is 43.9 Å². The van der Waals surface area contributed by atoms with Crippen molar-refractivity contribution in [1.82, 2.24) is 10.2 Å². The molecule has 4 fully saturated rings. The number of rotatable bonds is 2. The molecule has 4 saturated heterocycles. The lowest BCUT2D eigenvalue weighted by atomic mass is 9.73. The van der Waals surface area contributed by atoms with Gasteiger partial charge in [0.1, 0.15) is 5.60 Å². The molecule has 0 aromatic carbocycles. The second kappa shape index (κ2) is 5.52. The molecular formula is C20H28N2O2S. The fraction of sp³-hybridized carbons (Fsp3) is 0.800. The van der Waals surface area contributed by atoms with Crippen molar-refractivity contribution in [2.75, 3.05) is 39.3 Å². The van der Waals surface area contributed by atoms with E-state index in [2.05, 4.69) is 21.7 Å². The van der Waals surface area contributed by atoms with Crippen LogP contribution >= 0.6 is 11.3 Å². The van der Waals surface area contributed by atoms with Crippen LogP contribution in [-0.4, -0.2) is 55.9 Å². The average Bonchev–Trinajstić information content (AvgIpc) is 3.39. The Morgan fingerprint density at radius 1 is 1.28 bits per heavy atom. The largest absolute Gasteiger partial charge is 0.370 e. The van der Waals surface area contributed by atoms with E-state index in [1.54, 1.807) is 5.56 Å². The summed E-state index contributed by atoms with van der Waals surface area (Å²) in [4.78, 5) is 4.23. The summed E-state index contributed by atoms with van der Waals surface area (Å²) in [6.45, 7) is 6.73. The highest BCUT2D eigenvalue weighted by molar-refractivity contribution is 7.10. The summed E-state index contributed by atoms with van der Waals surface area (Å²) in [5, 5.41) is 5.86. The highest BCUT2D eigenvalue weighted by atomic mass is 32.1. The lowest BCUT2D eigenvalue weighted by Gasteiger charge is -2.45. The van der Waals surface area contributed by atoms with Crippen LogP contribution in [0.2, 0.25) is 0 Å². The number of nitrogens with one attached hydrogen (secondary N) is 1. The van der Waals surface area contributed by atoms with Crippen LogP contribution in [0.4, 0.5) is 0 Å². The van der Waals surface area contributed by atoms with E-state index < -0.39 is 0 Å². The Balaban J connectivity index is 1.15. The maximum atomic E-state index is 6.47. The van der Waals surface area contributed by atoms with Crippen molar-refractivity contribution in [3.8, 4) is 0 Å². The third-order valence-corrected chi connectivity index (χ3v) is 8.88. The van der Waals surface area contributed by atoms with Crippen molar-refractivity contribution < 1.29 is 9.47 Å². The molecule has 6 rings (SSSR count). The molecule has 0 saturated carbocycles. The van der Waals surface area contributed by atoms with Crippen LogP contribution < -0.4 is 5.32 Å². The van der Waals surface area contributed by atoms with E-state index in [1.807, 2.05) is 11.3 Å². The second-order valence-electron chi connectivity index (χ2n) is 8.83. The van der Waals surface area contributed by atoms with E-state index in [0.717, 1.165) is 44.2 Å². The van der Waals surface area contributed by atoms with Gasteiger partial charge in [-0.05, 0) is 49.1 Å². The Kier molecular flexibility index (Phi) is 3.44. The van der Waals surface area contributed by atoms with Gasteiger partial charge in [-0.3, -0.25) is 0 Å². The van der Waals surface area contributed by atoms with E-state index in [-0.39, 0.29) is 11.2 Å². The number of hydrogen-bond acceptors (Lipinski definition) is 5. The molecule has 5 aliphatic heterocycles. The molecule has 25 heavy (non-hydrogen) atoms. The maximum absolute atomic E-state index is 6.47. The summed E-state index contributed by atoms with van der Waals surface area (Å²) in [6.07, 6.45) is 6.51. The Hall–Kier alpha value is -0.460. The Labute approximate surface area is 153 Å². The molecule has 5 heteroatoms. The minimum absolute atomic E-state index is 0.0273. The van der Waals surface area contributed by atoms with Gasteiger partial charge >= 0.3 is 0 Å². The summed E-state index contributed by atoms with van der Waals surface area (Å²) >= 11 is 1.91. The van der Waals surface area contributed by atoms with Gasteiger partial charge in [-0.15, -0.1) is 11.3 Å². The summed E-state index contributed by atoms with van der Waals surface area (Å²) in [7, 11) is 0. The van der Waals surface area contributed by atoms with Gasteiger partial charge in [0.05, 0.1) is 18.3 Å². The van der Waals surface area contributed by atoms with Crippen molar-refractivity contribution in [2.24, 2.45) is 11.8 Å². The molecule has 0 aliphatic carbocycles. The zero-order valence-corrected chi connectivity index (χ0v) is 15.7. The van der Waals surface area contributed by atoms with Gasteiger partial charge in [-0.2, -0.15) is 0 Å². The van der Waals surface area contributed by atoms with Gasteiger partial charge in [-0.1, -0.05) is 0 Å². The summed E-state index contributed by atoms with van der Waals surface area (Å²) < 4.78 is 12.8. The minimum Gasteiger partial charge on any atom is -0.370 e. The molecule has 0 amide bonds. The van der Waals surface area contributed by atoms with E-state index in [0.29, 0.717) is 6.10 Å². The number of hydrogen-bond donors (Lipinski definition) is 1. The molecular weight excluding hydrogens is 332 g/mol. The van der Waals surface area contributed by atoms with Gasteiger partial charge < -0.3 is 19.7 Å². The zero-order chi connectivity index (χ0) is 16.5. The van der Waals surface area contributed by atoms with Gasteiger partial charge in [0, 0.05) is 49.4 Å². The lowest BCUT2D eigenvalue weighted by molar-refractivity contribution is -0.0974. The van der Waals surface area contributed by atoms with Crippen molar-refractivity contribution in [3.05, 3.63) is 21.9 Å². The first-order valence-electron chi connectivity index (χ1n) is 10.1. The SMILES string of the molecule is c1cc2c(s1)C1(CCN(C[C@@H]3[C@H]4CNC[C@]45CC[C@H]3O5)CC1)OCC2. The number of ether oxygens (including phenoxy) is 2. The first kappa shape index (κ1) is 15.6. The van der Waals surface area contributed by atoms with Crippen molar-refractivity contribution in [1.29, 1.82) is 0 Å². The number of fused-ring (bicyclic) bond motifs is 3. The van der Waals surface area contributed by atoms with E-state index in [4.69, 9.17) is 9.47 Å². The zero-order valence-electron chi connectivity index (χ0n) is 14.8. The molecule has 0 radical (unpaired) electrons. The molecule has 136 valence electrons. The quantitative estimate of drug-likeness (QED) is 0.878. The molecule has 1 aromatic heterocycles. The van der Waals surface area contributed by atoms with Crippen LogP contribution in [0.15, 0.2) is 11.4 Å². The van der Waals surface area contributed by atoms with Crippen LogP contribution in [0.25, 0.3) is 0 Å². The molecule has 0 unspecified atom stereocenters. The number of thiophene rings is 1. The van der Waals surface area contributed by atoms with Crippen molar-refractivity contribution in [3.63, 3.8) is 0 Å². The average molecular weight is 361 g/mol. The number of nitrogens with zero attached hydrogens (tertiary/aromatic N) is 1. The van der Waals surface area contributed by atoms with Gasteiger partial charge in [0.15, 0.2) is 0 Å². The first-order valence-corrected chi connectivity index (χ1v) is 11.0. The molecule has 2 spiro atoms. The summed E-state index contributed by atoms with van der Waals surface area (Å²) in [5.74, 6) is 1.49. The molecule has 4 nitrogen and oxygen atoms in total. The molecule has 5 aliphatic rings. The standard InChI is InChI=1S/C20H28N2O2S/c1-4-20-13-21-11-16(20)15(17(1)24-20)12-22-7-5-19(6-8-22)18-14(2-9-23-19)3-10-25-18/h3,10,15-17,21H,1-2,4-9,11-13H2/t15-,16-,17-,20-/m1/s1. The Bertz CT molecular complexity index is 664. The smallest absolute Gasteiger partial charge is 0.105 e. The van der Waals surface area contributed by atoms with Crippen LogP contribution in [0, 0.1) is 11.8 Å². The summed E-state index contributed by atoms with van der Waals surface area (Å²) in [5.41, 5.74) is 1.77. The van der Waals surface area contributed by atoms with Crippen molar-refractivity contribution in [2.45, 2.75) is 49.4 Å². The minimum atomic E-state index is 0.0273. The Morgan fingerprint density at radius 2 is 2.20 bits per heavy atom.